The van der Waals surface area contributed by atoms with E-state index >= 15 is 0 Å². The number of anilines is 1. The van der Waals surface area contributed by atoms with Crippen LogP contribution in [0.3, 0.4) is 0 Å². The molecular weight excluding hydrogens is 360 g/mol. The van der Waals surface area contributed by atoms with E-state index in [1.807, 2.05) is 48.5 Å². The third kappa shape index (κ3) is 3.08. The molecule has 0 spiro atoms. The van der Waals surface area contributed by atoms with E-state index < -0.39 is 5.41 Å². The molecule has 5 rings (SSSR count). The van der Waals surface area contributed by atoms with Crippen molar-refractivity contribution >= 4 is 11.6 Å². The van der Waals surface area contributed by atoms with Crippen molar-refractivity contribution in [1.82, 2.24) is 4.90 Å². The monoisotopic (exact) mass is 386 g/mol. The van der Waals surface area contributed by atoms with Crippen LogP contribution in [0, 0.1) is 5.92 Å². The van der Waals surface area contributed by atoms with E-state index in [1.165, 1.54) is 0 Å². The molecule has 2 aliphatic heterocycles. The maximum atomic E-state index is 13.5. The van der Waals surface area contributed by atoms with Crippen molar-refractivity contribution in [3.8, 4) is 0 Å². The molecule has 2 aliphatic rings. The van der Waals surface area contributed by atoms with E-state index in [4.69, 9.17) is 4.42 Å². The van der Waals surface area contributed by atoms with Gasteiger partial charge >= 0.3 is 0 Å². The Balaban J connectivity index is 1.41. The Hall–Kier alpha value is -2.85. The number of para-hydroxylation sites is 1. The summed E-state index contributed by atoms with van der Waals surface area (Å²) in [7, 11) is 0. The SMILES string of the molecule is O=C1Nc2ccccc2C1(c1ccccc1)[C@@H]1CCN(CCCc2ccco2)C1. The normalized spacial score (nSPS) is 23.9. The van der Waals surface area contributed by atoms with Crippen LogP contribution in [0.5, 0.6) is 0 Å². The van der Waals surface area contributed by atoms with Gasteiger partial charge in [-0.05, 0) is 61.2 Å². The van der Waals surface area contributed by atoms with Gasteiger partial charge in [-0.25, -0.2) is 0 Å². The topological polar surface area (TPSA) is 45.5 Å². The highest BCUT2D eigenvalue weighted by Crippen LogP contribution is 2.50. The summed E-state index contributed by atoms with van der Waals surface area (Å²) in [5.41, 5.74) is 2.58. The highest BCUT2D eigenvalue weighted by atomic mass is 16.3. The fourth-order valence-electron chi connectivity index (χ4n) is 5.23. The Morgan fingerprint density at radius 2 is 1.86 bits per heavy atom. The van der Waals surface area contributed by atoms with Gasteiger partial charge in [0.25, 0.3) is 0 Å². The minimum atomic E-state index is -0.604. The molecule has 4 nitrogen and oxygen atoms in total. The number of rotatable bonds is 6. The molecule has 0 saturated carbocycles. The highest BCUT2D eigenvalue weighted by molar-refractivity contribution is 6.09. The van der Waals surface area contributed by atoms with Crippen molar-refractivity contribution in [1.29, 1.82) is 0 Å². The van der Waals surface area contributed by atoms with E-state index in [0.29, 0.717) is 0 Å². The summed E-state index contributed by atoms with van der Waals surface area (Å²) in [4.78, 5) is 16.0. The molecule has 0 aliphatic carbocycles. The molecule has 3 heterocycles. The molecule has 2 atom stereocenters. The predicted molar refractivity (Wildman–Crippen MR) is 114 cm³/mol. The molecule has 1 saturated heterocycles. The number of nitrogens with zero attached hydrogens (tertiary/aromatic N) is 1. The zero-order valence-electron chi connectivity index (χ0n) is 16.5. The van der Waals surface area contributed by atoms with E-state index in [-0.39, 0.29) is 11.8 Å². The maximum absolute atomic E-state index is 13.5. The molecule has 0 radical (unpaired) electrons. The first-order valence-electron chi connectivity index (χ1n) is 10.5. The lowest BCUT2D eigenvalue weighted by atomic mass is 9.66. The molecule has 29 heavy (non-hydrogen) atoms. The second-order valence-corrected chi connectivity index (χ2v) is 8.14. The number of benzene rings is 2. The van der Waals surface area contributed by atoms with Gasteiger partial charge in [0.1, 0.15) is 11.2 Å². The van der Waals surface area contributed by atoms with Crippen LogP contribution < -0.4 is 5.32 Å². The number of furan rings is 1. The molecule has 1 N–H and O–H groups in total. The number of carbonyl (C=O) groups is 1. The Labute approximate surface area is 171 Å². The van der Waals surface area contributed by atoms with E-state index in [2.05, 4.69) is 28.4 Å². The van der Waals surface area contributed by atoms with Crippen molar-refractivity contribution in [2.75, 3.05) is 25.0 Å². The summed E-state index contributed by atoms with van der Waals surface area (Å²) in [6.45, 7) is 3.01. The molecule has 1 amide bonds. The number of amides is 1. The molecule has 0 bridgehead atoms. The van der Waals surface area contributed by atoms with Crippen LogP contribution in [0.2, 0.25) is 0 Å². The number of aryl methyl sites for hydroxylation is 1. The van der Waals surface area contributed by atoms with E-state index in [9.17, 15) is 4.79 Å². The number of fused-ring (bicyclic) bond motifs is 1. The summed E-state index contributed by atoms with van der Waals surface area (Å²) in [5, 5.41) is 3.17. The van der Waals surface area contributed by atoms with E-state index in [0.717, 1.165) is 61.5 Å². The van der Waals surface area contributed by atoms with Crippen LogP contribution in [0.15, 0.2) is 77.4 Å². The summed E-state index contributed by atoms with van der Waals surface area (Å²) in [5.74, 6) is 1.43. The van der Waals surface area contributed by atoms with Crippen molar-refractivity contribution in [3.63, 3.8) is 0 Å². The second-order valence-electron chi connectivity index (χ2n) is 8.14. The Morgan fingerprint density at radius 1 is 1.03 bits per heavy atom. The highest BCUT2D eigenvalue weighted by Gasteiger charge is 2.54. The number of carbonyl (C=O) groups excluding carboxylic acids is 1. The maximum Gasteiger partial charge on any atom is 0.239 e. The lowest BCUT2D eigenvalue weighted by Gasteiger charge is -2.34. The van der Waals surface area contributed by atoms with Crippen molar-refractivity contribution < 1.29 is 9.21 Å². The lowest BCUT2D eigenvalue weighted by Crippen LogP contribution is -2.44. The number of likely N-dealkylation sites (tertiary alicyclic amines) is 1. The molecule has 3 aromatic rings. The first kappa shape index (κ1) is 18.2. The van der Waals surface area contributed by atoms with Crippen LogP contribution in [0.25, 0.3) is 0 Å². The van der Waals surface area contributed by atoms with Gasteiger partial charge < -0.3 is 14.6 Å². The molecule has 148 valence electrons. The van der Waals surface area contributed by atoms with Gasteiger partial charge in [0.2, 0.25) is 5.91 Å². The van der Waals surface area contributed by atoms with Gasteiger partial charge in [0.15, 0.2) is 0 Å². The number of hydrogen-bond acceptors (Lipinski definition) is 3. The Kier molecular flexibility index (Phi) is 4.72. The third-order valence-corrected chi connectivity index (χ3v) is 6.55. The second kappa shape index (κ2) is 7.53. The van der Waals surface area contributed by atoms with Gasteiger partial charge in [-0.15, -0.1) is 0 Å². The summed E-state index contributed by atoms with van der Waals surface area (Å²) < 4.78 is 5.46. The van der Waals surface area contributed by atoms with Crippen molar-refractivity contribution in [2.24, 2.45) is 5.92 Å². The smallest absolute Gasteiger partial charge is 0.239 e. The standard InChI is InChI=1S/C25H26N2O2/c28-24-25(19-8-2-1-3-9-19,22-12-4-5-13-23(22)26-24)20-14-16-27(18-20)15-6-10-21-11-7-17-29-21/h1-5,7-9,11-13,17,20H,6,10,14-16,18H2,(H,26,28)/t20-,25?/m1/s1. The summed E-state index contributed by atoms with van der Waals surface area (Å²) in [6.07, 6.45) is 4.79. The zero-order valence-corrected chi connectivity index (χ0v) is 16.5. The van der Waals surface area contributed by atoms with Gasteiger partial charge in [-0.2, -0.15) is 0 Å². The van der Waals surface area contributed by atoms with Crippen LogP contribution in [0.1, 0.15) is 29.7 Å². The summed E-state index contributed by atoms with van der Waals surface area (Å²) in [6, 6.07) is 22.5. The van der Waals surface area contributed by atoms with Gasteiger partial charge in [-0.3, -0.25) is 4.79 Å². The number of nitrogens with one attached hydrogen (secondary N) is 1. The van der Waals surface area contributed by atoms with E-state index in [1.54, 1.807) is 6.26 Å². The Morgan fingerprint density at radius 3 is 2.69 bits per heavy atom. The first-order valence-corrected chi connectivity index (χ1v) is 10.5. The van der Waals surface area contributed by atoms with Gasteiger partial charge in [0.05, 0.1) is 6.26 Å². The molecule has 1 fully saturated rings. The lowest BCUT2D eigenvalue weighted by molar-refractivity contribution is -0.121. The number of hydrogen-bond donors (Lipinski definition) is 1. The zero-order chi connectivity index (χ0) is 19.7. The van der Waals surface area contributed by atoms with Crippen molar-refractivity contribution in [2.45, 2.75) is 24.7 Å². The fourth-order valence-corrected chi connectivity index (χ4v) is 5.23. The van der Waals surface area contributed by atoms with Gasteiger partial charge in [0, 0.05) is 18.7 Å². The Bertz CT molecular complexity index is 983. The molecule has 1 aromatic heterocycles. The predicted octanol–water partition coefficient (Wildman–Crippen LogP) is 4.47. The largest absolute Gasteiger partial charge is 0.469 e. The fraction of sp³-hybridized carbons (Fsp3) is 0.320. The van der Waals surface area contributed by atoms with Gasteiger partial charge in [-0.1, -0.05) is 48.5 Å². The quantitative estimate of drug-likeness (QED) is 0.680. The van der Waals surface area contributed by atoms with Crippen LogP contribution in [-0.4, -0.2) is 30.4 Å². The minimum Gasteiger partial charge on any atom is -0.469 e. The van der Waals surface area contributed by atoms with Crippen LogP contribution in [-0.2, 0) is 16.6 Å². The average molecular weight is 386 g/mol. The average Bonchev–Trinajstić information content (AvgIpc) is 3.48. The molecule has 1 unspecified atom stereocenters. The summed E-state index contributed by atoms with van der Waals surface area (Å²) >= 11 is 0. The minimum absolute atomic E-state index is 0.118. The molecule has 4 heteroatoms. The third-order valence-electron chi connectivity index (χ3n) is 6.55. The molecule has 2 aromatic carbocycles. The van der Waals surface area contributed by atoms with Crippen LogP contribution >= 0.6 is 0 Å². The first-order chi connectivity index (χ1) is 14.3. The van der Waals surface area contributed by atoms with Crippen molar-refractivity contribution in [3.05, 3.63) is 89.9 Å². The molecular formula is C25H26N2O2. The van der Waals surface area contributed by atoms with Crippen LogP contribution in [0.4, 0.5) is 5.69 Å².